The first-order valence-electron chi connectivity index (χ1n) is 32.4. The number of allylic oxidation sites excluding steroid dienone is 16. The predicted molar refractivity (Wildman–Crippen MR) is 336 cm³/mol. The third-order valence-corrected chi connectivity index (χ3v) is 13.8. The fourth-order valence-corrected chi connectivity index (χ4v) is 8.87. The normalized spacial score (nSPS) is 13.4. The Kier molecular flexibility index (Phi) is 57.4. The molecule has 1 N–H and O–H groups in total. The van der Waals surface area contributed by atoms with Gasteiger partial charge >= 0.3 is 17.9 Å². The van der Waals surface area contributed by atoms with Crippen LogP contribution in [0, 0.1) is 0 Å². The number of unbranched alkanes of at least 4 members (excludes halogenated alkanes) is 28. The highest BCUT2D eigenvalue weighted by Gasteiger charge is 2.25. The van der Waals surface area contributed by atoms with Crippen LogP contribution in [0.25, 0.3) is 0 Å². The fraction of sp³-hybridized carbons (Fsp3) is 0.729. The van der Waals surface area contributed by atoms with E-state index in [4.69, 9.17) is 18.9 Å². The van der Waals surface area contributed by atoms with Crippen molar-refractivity contribution in [2.24, 2.45) is 0 Å². The lowest BCUT2D eigenvalue weighted by atomic mass is 10.0. The number of hydrogen-bond donors (Lipinski definition) is 1. The summed E-state index contributed by atoms with van der Waals surface area (Å²) in [4.78, 5) is 37.4. The molecule has 0 heterocycles. The number of esters is 2. The molecule has 2 unspecified atom stereocenters. The molecule has 0 amide bonds. The van der Waals surface area contributed by atoms with E-state index in [9.17, 15) is 19.5 Å². The van der Waals surface area contributed by atoms with E-state index < -0.39 is 24.3 Å². The van der Waals surface area contributed by atoms with E-state index in [1.54, 1.807) is 0 Å². The van der Waals surface area contributed by atoms with Gasteiger partial charge in [-0.2, -0.15) is 0 Å². The number of hydrogen-bond acceptors (Lipinski definition) is 7. The number of carboxylic acid groups (broad SMARTS) is 1. The molecule has 0 aliphatic carbocycles. The Labute approximate surface area is 486 Å². The van der Waals surface area contributed by atoms with Crippen LogP contribution in [0.15, 0.2) is 97.2 Å². The molecule has 0 rings (SSSR count). The molecule has 0 saturated heterocycles. The van der Waals surface area contributed by atoms with Gasteiger partial charge in [0.05, 0.1) is 34.4 Å². The molecule has 9 heteroatoms. The first kappa shape index (κ1) is 75.2. The van der Waals surface area contributed by atoms with Gasteiger partial charge in [0, 0.05) is 12.8 Å². The summed E-state index contributed by atoms with van der Waals surface area (Å²) in [5, 5.41) is 9.71. The minimum Gasteiger partial charge on any atom is -0.477 e. The number of carbonyl (C=O) groups excluding carboxylic acids is 2. The Hall–Kier alpha value is -3.79. The molecule has 0 spiro atoms. The van der Waals surface area contributed by atoms with Crippen LogP contribution in [-0.2, 0) is 33.3 Å². The third-order valence-electron chi connectivity index (χ3n) is 13.8. The van der Waals surface area contributed by atoms with Crippen LogP contribution in [0.2, 0.25) is 0 Å². The molecule has 9 nitrogen and oxygen atoms in total. The molecule has 0 aliphatic rings. The van der Waals surface area contributed by atoms with Gasteiger partial charge in [-0.1, -0.05) is 259 Å². The van der Waals surface area contributed by atoms with Crippen molar-refractivity contribution in [2.45, 2.75) is 283 Å². The zero-order valence-corrected chi connectivity index (χ0v) is 51.8. The second-order valence-electron chi connectivity index (χ2n) is 22.7. The van der Waals surface area contributed by atoms with Gasteiger partial charge in [0.1, 0.15) is 13.2 Å². The van der Waals surface area contributed by atoms with Crippen LogP contribution in [0.3, 0.4) is 0 Å². The van der Waals surface area contributed by atoms with E-state index in [0.29, 0.717) is 11.0 Å². The first-order valence-corrected chi connectivity index (χ1v) is 32.4. The zero-order valence-electron chi connectivity index (χ0n) is 51.8. The lowest BCUT2D eigenvalue weighted by Gasteiger charge is -2.25. The van der Waals surface area contributed by atoms with Gasteiger partial charge in [-0.05, 0) is 96.3 Å². The van der Waals surface area contributed by atoms with Gasteiger partial charge in [0.25, 0.3) is 6.29 Å². The summed E-state index contributed by atoms with van der Waals surface area (Å²) in [6.45, 7) is 4.73. The third kappa shape index (κ3) is 61.7. The van der Waals surface area contributed by atoms with Crippen LogP contribution in [-0.4, -0.2) is 87.4 Å². The molecule has 0 radical (unpaired) electrons. The van der Waals surface area contributed by atoms with Crippen LogP contribution < -0.4 is 0 Å². The Morgan fingerprint density at radius 3 is 1.08 bits per heavy atom. The summed E-state index contributed by atoms with van der Waals surface area (Å²) < 4.78 is 22.9. The Bertz CT molecular complexity index is 1620. The maximum absolute atomic E-state index is 12.9. The van der Waals surface area contributed by atoms with Gasteiger partial charge in [-0.15, -0.1) is 0 Å². The smallest absolute Gasteiger partial charge is 0.361 e. The number of carboxylic acids is 1. The fourth-order valence-electron chi connectivity index (χ4n) is 8.87. The summed E-state index contributed by atoms with van der Waals surface area (Å²) in [6, 6.07) is 0. The minimum absolute atomic E-state index is 0.184. The number of likely N-dealkylation sites (N-methyl/N-ethyl adjacent to an activating group) is 1. The van der Waals surface area contributed by atoms with Gasteiger partial charge in [-0.25, -0.2) is 4.79 Å². The van der Waals surface area contributed by atoms with Crippen molar-refractivity contribution >= 4 is 17.9 Å². The van der Waals surface area contributed by atoms with E-state index in [1.807, 2.05) is 21.1 Å². The van der Waals surface area contributed by atoms with Gasteiger partial charge in [0.15, 0.2) is 6.10 Å². The summed E-state index contributed by atoms with van der Waals surface area (Å²) >= 11 is 0. The van der Waals surface area contributed by atoms with Crippen molar-refractivity contribution in [3.05, 3.63) is 97.2 Å². The molecule has 0 fully saturated rings. The van der Waals surface area contributed by atoms with Crippen molar-refractivity contribution in [3.8, 4) is 0 Å². The Morgan fingerprint density at radius 2 is 0.722 bits per heavy atom. The van der Waals surface area contributed by atoms with E-state index >= 15 is 0 Å². The number of ether oxygens (including phenoxy) is 4. The van der Waals surface area contributed by atoms with Crippen LogP contribution >= 0.6 is 0 Å². The number of carbonyl (C=O) groups is 3. The average Bonchev–Trinajstić information content (AvgIpc) is 3.42. The van der Waals surface area contributed by atoms with Crippen molar-refractivity contribution in [1.82, 2.24) is 0 Å². The highest BCUT2D eigenvalue weighted by atomic mass is 16.7. The van der Waals surface area contributed by atoms with Crippen molar-refractivity contribution in [1.29, 1.82) is 0 Å². The Balaban J connectivity index is 4.02. The van der Waals surface area contributed by atoms with Crippen LogP contribution in [0.4, 0.5) is 0 Å². The van der Waals surface area contributed by atoms with Crippen LogP contribution in [0.5, 0.6) is 0 Å². The largest absolute Gasteiger partial charge is 0.477 e. The van der Waals surface area contributed by atoms with Gasteiger partial charge in [0.2, 0.25) is 0 Å². The van der Waals surface area contributed by atoms with E-state index in [0.717, 1.165) is 103 Å². The number of rotatable bonds is 59. The Morgan fingerprint density at radius 1 is 0.392 bits per heavy atom. The SMILES string of the molecule is CC/C=C\C/C=C\C/C=C\C/C=C\C/C=C\C/C=C\CCCCCCCCCCCCCCCCCCCCCCC(=O)OC(COC(=O)CCCCCCC/C=C\C/C=C\CCCCC)COC(OCC[N+](C)(C)C)C(=O)O. The molecule has 79 heavy (non-hydrogen) atoms. The van der Waals surface area contributed by atoms with E-state index in [1.165, 1.54) is 141 Å². The van der Waals surface area contributed by atoms with Gasteiger partial charge in [-0.3, -0.25) is 9.59 Å². The summed E-state index contributed by atoms with van der Waals surface area (Å²) in [5.41, 5.74) is 0. The lowest BCUT2D eigenvalue weighted by molar-refractivity contribution is -0.870. The maximum Gasteiger partial charge on any atom is 0.361 e. The van der Waals surface area contributed by atoms with E-state index in [-0.39, 0.29) is 38.6 Å². The topological polar surface area (TPSA) is 108 Å². The van der Waals surface area contributed by atoms with Crippen LogP contribution in [0.1, 0.15) is 271 Å². The quantitative estimate of drug-likeness (QED) is 0.0211. The molecule has 454 valence electrons. The second kappa shape index (κ2) is 60.3. The molecule has 0 bridgehead atoms. The molecule has 2 atom stereocenters. The zero-order chi connectivity index (χ0) is 57.6. The maximum atomic E-state index is 12.9. The first-order chi connectivity index (χ1) is 38.6. The molecule has 0 aromatic carbocycles. The molecular weight excluding hydrogens is 983 g/mol. The highest BCUT2D eigenvalue weighted by molar-refractivity contribution is 5.71. The predicted octanol–water partition coefficient (Wildman–Crippen LogP) is 19.7. The van der Waals surface area contributed by atoms with Gasteiger partial charge < -0.3 is 28.5 Å². The number of quaternary nitrogens is 1. The van der Waals surface area contributed by atoms with E-state index in [2.05, 4.69) is 111 Å². The van der Waals surface area contributed by atoms with Crippen molar-refractivity contribution in [2.75, 3.05) is 47.5 Å². The minimum atomic E-state index is -1.52. The molecule has 0 aromatic rings. The summed E-state index contributed by atoms with van der Waals surface area (Å²) in [6.07, 6.45) is 79.5. The molecular formula is C70H122NO8+. The molecule has 0 aromatic heterocycles. The summed E-state index contributed by atoms with van der Waals surface area (Å²) in [7, 11) is 5.97. The van der Waals surface area contributed by atoms with Crippen molar-refractivity contribution in [3.63, 3.8) is 0 Å². The van der Waals surface area contributed by atoms with Crippen molar-refractivity contribution < 1.29 is 42.9 Å². The number of aliphatic carboxylic acids is 1. The monoisotopic (exact) mass is 1100 g/mol. The standard InChI is InChI=1S/C70H121NO8/c1-6-8-10-12-14-16-18-20-22-23-24-25-26-27-28-29-30-31-32-33-34-35-36-37-38-39-40-41-42-43-44-45-47-49-51-53-55-57-59-61-68(73)79-66(65-78-70(69(74)75)76-63-62-71(3,4)5)64-77-67(72)60-58-56-54-52-50-48-46-21-19-17-15-13-11-9-7-2/h8,10,14-17,20-22,24-25,27-28,30-31,46,66,70H,6-7,9,11-13,18-19,23,26,29,32-45,47-65H2,1-5H3/p+1/b10-8-,16-14-,17-15-,22-20-,25-24-,28-27-,31-30-,46-21-. The number of nitrogens with zero attached hydrogens (tertiary/aromatic N) is 1. The lowest BCUT2D eigenvalue weighted by Crippen LogP contribution is -2.40. The molecule has 0 aliphatic heterocycles. The highest BCUT2D eigenvalue weighted by Crippen LogP contribution is 2.17. The average molecular weight is 1110 g/mol. The summed E-state index contributed by atoms with van der Waals surface area (Å²) in [5.74, 6) is -2.02. The second-order valence-corrected chi connectivity index (χ2v) is 22.7. The molecule has 0 saturated carbocycles.